The molecule has 8 nitrogen and oxygen atoms in total. The molecule has 1 aromatic rings. The van der Waals surface area contributed by atoms with E-state index >= 15 is 0 Å². The van der Waals surface area contributed by atoms with Crippen LogP contribution < -0.4 is 10.0 Å². The van der Waals surface area contributed by atoms with Crippen LogP contribution in [0.3, 0.4) is 0 Å². The summed E-state index contributed by atoms with van der Waals surface area (Å²) >= 11 is 0. The van der Waals surface area contributed by atoms with Crippen molar-refractivity contribution in [2.75, 3.05) is 25.1 Å². The maximum absolute atomic E-state index is 12.1. The quantitative estimate of drug-likeness (QED) is 0.607. The van der Waals surface area contributed by atoms with Crippen LogP contribution in [0, 0.1) is 5.92 Å². The predicted octanol–water partition coefficient (Wildman–Crippen LogP) is -1.16. The molecule has 0 radical (unpaired) electrons. The predicted molar refractivity (Wildman–Crippen MR) is 73.3 cm³/mol. The summed E-state index contributed by atoms with van der Waals surface area (Å²) in [5, 5.41) is 9.07. The van der Waals surface area contributed by atoms with Crippen LogP contribution >= 0.6 is 0 Å². The number of sulfone groups is 1. The van der Waals surface area contributed by atoms with Crippen molar-refractivity contribution in [3.63, 3.8) is 0 Å². The molecular weight excluding hydrogens is 304 g/mol. The Hall–Kier alpha value is -0.970. The zero-order valence-corrected chi connectivity index (χ0v) is 12.7. The van der Waals surface area contributed by atoms with E-state index in [-0.39, 0.29) is 29.0 Å². The van der Waals surface area contributed by atoms with E-state index in [1.54, 1.807) is 7.05 Å². The van der Waals surface area contributed by atoms with E-state index in [1.807, 2.05) is 0 Å². The standard InChI is InChI=1S/C10H18N4O4S2/c1-11-5-9-6-12-14-10(9)20(17,18)13-4-8-2-3-19(15,16)7-8/h6,8,11,13H,2-5,7H2,1H3,(H,12,14). The van der Waals surface area contributed by atoms with Gasteiger partial charge < -0.3 is 5.32 Å². The third kappa shape index (κ3) is 3.57. The van der Waals surface area contributed by atoms with Crippen molar-refractivity contribution in [2.24, 2.45) is 5.92 Å². The molecule has 1 aliphatic heterocycles. The Morgan fingerprint density at radius 1 is 1.50 bits per heavy atom. The summed E-state index contributed by atoms with van der Waals surface area (Å²) in [6, 6.07) is 0. The van der Waals surface area contributed by atoms with Gasteiger partial charge in [-0.15, -0.1) is 0 Å². The van der Waals surface area contributed by atoms with Crippen molar-refractivity contribution in [3.8, 4) is 0 Å². The van der Waals surface area contributed by atoms with E-state index in [1.165, 1.54) is 6.20 Å². The maximum Gasteiger partial charge on any atom is 0.257 e. The minimum atomic E-state index is -3.70. The molecule has 0 aliphatic carbocycles. The normalized spacial score (nSPS) is 22.1. The number of aromatic nitrogens is 2. The second-order valence-corrected chi connectivity index (χ2v) is 8.81. The Bertz CT molecular complexity index is 665. The number of rotatable bonds is 6. The van der Waals surface area contributed by atoms with E-state index < -0.39 is 19.9 Å². The van der Waals surface area contributed by atoms with Crippen molar-refractivity contribution >= 4 is 19.9 Å². The van der Waals surface area contributed by atoms with Gasteiger partial charge in [0.2, 0.25) is 0 Å². The lowest BCUT2D eigenvalue weighted by Gasteiger charge is -2.10. The van der Waals surface area contributed by atoms with Crippen molar-refractivity contribution in [1.82, 2.24) is 20.2 Å². The van der Waals surface area contributed by atoms with Crippen LogP contribution in [0.5, 0.6) is 0 Å². The molecule has 1 aliphatic rings. The van der Waals surface area contributed by atoms with Gasteiger partial charge in [0.05, 0.1) is 17.7 Å². The summed E-state index contributed by atoms with van der Waals surface area (Å²) < 4.78 is 49.4. The molecule has 1 atom stereocenters. The number of H-pyrrole nitrogens is 1. The maximum atomic E-state index is 12.1. The summed E-state index contributed by atoms with van der Waals surface area (Å²) in [7, 11) is -4.99. The number of aromatic amines is 1. The molecule has 2 rings (SSSR count). The second kappa shape index (κ2) is 5.80. The fraction of sp³-hybridized carbons (Fsp3) is 0.700. The van der Waals surface area contributed by atoms with Crippen LogP contribution in [0.25, 0.3) is 0 Å². The Morgan fingerprint density at radius 2 is 2.25 bits per heavy atom. The first-order valence-corrected chi connectivity index (χ1v) is 9.51. The third-order valence-electron chi connectivity index (χ3n) is 3.20. The lowest BCUT2D eigenvalue weighted by atomic mass is 10.1. The van der Waals surface area contributed by atoms with Gasteiger partial charge in [0.15, 0.2) is 14.9 Å². The summed E-state index contributed by atoms with van der Waals surface area (Å²) in [4.78, 5) is 0. The molecule has 3 N–H and O–H groups in total. The van der Waals surface area contributed by atoms with Gasteiger partial charge in [-0.3, -0.25) is 5.10 Å². The summed E-state index contributed by atoms with van der Waals surface area (Å²) in [5.41, 5.74) is 0.541. The number of hydrogen-bond acceptors (Lipinski definition) is 6. The van der Waals surface area contributed by atoms with Crippen molar-refractivity contribution < 1.29 is 16.8 Å². The molecule has 114 valence electrons. The van der Waals surface area contributed by atoms with E-state index in [0.29, 0.717) is 18.5 Å². The van der Waals surface area contributed by atoms with Crippen LogP contribution in [0.15, 0.2) is 11.2 Å². The van der Waals surface area contributed by atoms with Crippen LogP contribution in [0.4, 0.5) is 0 Å². The third-order valence-corrected chi connectivity index (χ3v) is 6.48. The van der Waals surface area contributed by atoms with Crippen molar-refractivity contribution in [2.45, 2.75) is 18.0 Å². The lowest BCUT2D eigenvalue weighted by molar-refractivity contribution is 0.539. The molecule has 0 amide bonds. The number of hydrogen-bond donors (Lipinski definition) is 3. The van der Waals surface area contributed by atoms with E-state index in [0.717, 1.165) is 0 Å². The van der Waals surface area contributed by atoms with Crippen molar-refractivity contribution in [1.29, 1.82) is 0 Å². The Morgan fingerprint density at radius 3 is 2.85 bits per heavy atom. The van der Waals surface area contributed by atoms with Crippen LogP contribution in [0.2, 0.25) is 0 Å². The number of nitrogens with one attached hydrogen (secondary N) is 3. The molecule has 1 fully saturated rings. The van der Waals surface area contributed by atoms with Gasteiger partial charge in [0, 0.05) is 18.7 Å². The molecule has 1 unspecified atom stereocenters. The van der Waals surface area contributed by atoms with Gasteiger partial charge in [0.25, 0.3) is 10.0 Å². The second-order valence-electron chi connectivity index (χ2n) is 4.88. The lowest BCUT2D eigenvalue weighted by Crippen LogP contribution is -2.31. The molecule has 20 heavy (non-hydrogen) atoms. The highest BCUT2D eigenvalue weighted by molar-refractivity contribution is 7.91. The molecule has 0 spiro atoms. The monoisotopic (exact) mass is 322 g/mol. The van der Waals surface area contributed by atoms with Gasteiger partial charge in [-0.1, -0.05) is 0 Å². The Kier molecular flexibility index (Phi) is 4.47. The summed E-state index contributed by atoms with van der Waals surface area (Å²) in [5.74, 6) is 0.0153. The minimum Gasteiger partial charge on any atom is -0.316 e. The van der Waals surface area contributed by atoms with Gasteiger partial charge in [-0.05, 0) is 19.4 Å². The minimum absolute atomic E-state index is 0.0210. The Labute approximate surface area is 118 Å². The zero-order chi connectivity index (χ0) is 14.8. The highest BCUT2D eigenvalue weighted by atomic mass is 32.2. The zero-order valence-electron chi connectivity index (χ0n) is 11.1. The molecule has 2 heterocycles. The van der Waals surface area contributed by atoms with Crippen LogP contribution in [-0.4, -0.2) is 52.1 Å². The highest BCUT2D eigenvalue weighted by Crippen LogP contribution is 2.18. The average Bonchev–Trinajstić information content (AvgIpc) is 2.94. The molecular formula is C10H18N4O4S2. The van der Waals surface area contributed by atoms with E-state index in [2.05, 4.69) is 20.2 Å². The highest BCUT2D eigenvalue weighted by Gasteiger charge is 2.29. The SMILES string of the molecule is CNCc1cn[nH]c1S(=O)(=O)NCC1CCS(=O)(=O)C1. The first-order valence-electron chi connectivity index (χ1n) is 6.21. The van der Waals surface area contributed by atoms with Gasteiger partial charge >= 0.3 is 0 Å². The summed E-state index contributed by atoms with van der Waals surface area (Å²) in [6.07, 6.45) is 1.95. The fourth-order valence-electron chi connectivity index (χ4n) is 2.18. The van der Waals surface area contributed by atoms with E-state index in [4.69, 9.17) is 0 Å². The smallest absolute Gasteiger partial charge is 0.257 e. The Balaban J connectivity index is 2.03. The van der Waals surface area contributed by atoms with Crippen molar-refractivity contribution in [3.05, 3.63) is 11.8 Å². The first kappa shape index (κ1) is 15.4. The van der Waals surface area contributed by atoms with Crippen LogP contribution in [-0.2, 0) is 26.4 Å². The fourth-order valence-corrected chi connectivity index (χ4v) is 5.29. The van der Waals surface area contributed by atoms with Gasteiger partial charge in [0.1, 0.15) is 0 Å². The van der Waals surface area contributed by atoms with Gasteiger partial charge in [-0.2, -0.15) is 5.10 Å². The molecule has 1 saturated heterocycles. The summed E-state index contributed by atoms with van der Waals surface area (Å²) in [6.45, 7) is 0.504. The topological polar surface area (TPSA) is 121 Å². The largest absolute Gasteiger partial charge is 0.316 e. The molecule has 0 aromatic carbocycles. The molecule has 10 heteroatoms. The van der Waals surface area contributed by atoms with Gasteiger partial charge in [-0.25, -0.2) is 21.6 Å². The molecule has 0 bridgehead atoms. The van der Waals surface area contributed by atoms with E-state index in [9.17, 15) is 16.8 Å². The number of sulfonamides is 1. The average molecular weight is 322 g/mol. The number of nitrogens with zero attached hydrogens (tertiary/aromatic N) is 1. The molecule has 1 aromatic heterocycles. The van der Waals surface area contributed by atoms with Crippen LogP contribution in [0.1, 0.15) is 12.0 Å². The molecule has 0 saturated carbocycles. The first-order chi connectivity index (χ1) is 9.34.